The van der Waals surface area contributed by atoms with Gasteiger partial charge in [0.05, 0.1) is 6.54 Å². The van der Waals surface area contributed by atoms with Gasteiger partial charge in [0.2, 0.25) is 0 Å². The highest BCUT2D eigenvalue weighted by Gasteiger charge is 2.49. The minimum atomic E-state index is -0.506. The van der Waals surface area contributed by atoms with Gasteiger partial charge in [-0.2, -0.15) is 0 Å². The maximum absolute atomic E-state index is 11.1. The first-order valence-corrected chi connectivity index (χ1v) is 5.52. The zero-order chi connectivity index (χ0) is 12.2. The maximum Gasteiger partial charge on any atom is 0.154 e. The molecule has 0 aromatic heterocycles. The molecule has 2 saturated heterocycles. The molecule has 0 aliphatic carbocycles. The van der Waals surface area contributed by atoms with Crippen molar-refractivity contribution in [1.82, 2.24) is 4.90 Å². The highest BCUT2D eigenvalue weighted by atomic mass is 16.5. The number of methoxy groups -OCH3 is 1. The number of hydrogen-bond acceptors (Lipinski definition) is 4. The highest BCUT2D eigenvalue weighted by Crippen LogP contribution is 2.40. The third-order valence-electron chi connectivity index (χ3n) is 3.11. The van der Waals surface area contributed by atoms with Crippen LogP contribution in [0.15, 0.2) is 12.3 Å². The van der Waals surface area contributed by atoms with Gasteiger partial charge in [-0.15, -0.1) is 0 Å². The number of ether oxygens (including phenoxy) is 1. The van der Waals surface area contributed by atoms with Gasteiger partial charge in [0.25, 0.3) is 0 Å². The number of aldehydes is 1. The van der Waals surface area contributed by atoms with Crippen LogP contribution in [-0.2, 0) is 14.3 Å². The summed E-state index contributed by atoms with van der Waals surface area (Å²) in [6.07, 6.45) is 2.92. The molecular weight excluding hydrogens is 206 g/mol. The Bertz CT molecular complexity index is 299. The van der Waals surface area contributed by atoms with E-state index >= 15 is 0 Å². The number of nitrogens with zero attached hydrogens (tertiary/aromatic N) is 1. The zero-order valence-corrected chi connectivity index (χ0v) is 9.99. The molecule has 0 bridgehead atoms. The Hall–Kier alpha value is -1.16. The van der Waals surface area contributed by atoms with Crippen molar-refractivity contribution in [2.75, 3.05) is 20.3 Å². The summed E-state index contributed by atoms with van der Waals surface area (Å²) in [6.45, 7) is 7.00. The van der Waals surface area contributed by atoms with Crippen molar-refractivity contribution in [1.29, 1.82) is 0 Å². The third-order valence-corrected chi connectivity index (χ3v) is 3.11. The molecule has 0 amide bonds. The molecule has 2 fully saturated rings. The van der Waals surface area contributed by atoms with Gasteiger partial charge in [-0.25, -0.2) is 0 Å². The van der Waals surface area contributed by atoms with E-state index in [0.717, 1.165) is 31.4 Å². The molecule has 2 heterocycles. The molecule has 0 spiro atoms. The van der Waals surface area contributed by atoms with Crippen molar-refractivity contribution >= 4 is 12.1 Å². The fraction of sp³-hybridized carbons (Fsp3) is 0.667. The zero-order valence-electron chi connectivity index (χ0n) is 9.99. The SMILES string of the molecule is C=C1CCC2(C=O)CC(=O)CN12.CCOC. The smallest absolute Gasteiger partial charge is 0.154 e. The Morgan fingerprint density at radius 3 is 2.69 bits per heavy atom. The van der Waals surface area contributed by atoms with Crippen LogP contribution in [-0.4, -0.2) is 42.8 Å². The molecule has 4 heteroatoms. The Kier molecular flexibility index (Phi) is 4.24. The minimum Gasteiger partial charge on any atom is -0.385 e. The Morgan fingerprint density at radius 1 is 1.62 bits per heavy atom. The van der Waals surface area contributed by atoms with Crippen LogP contribution in [0.3, 0.4) is 0 Å². The molecule has 1 unspecified atom stereocenters. The molecule has 2 aliphatic rings. The molecule has 2 aliphatic heterocycles. The van der Waals surface area contributed by atoms with Gasteiger partial charge in [0.15, 0.2) is 5.78 Å². The van der Waals surface area contributed by atoms with Crippen molar-refractivity contribution < 1.29 is 14.3 Å². The molecule has 0 radical (unpaired) electrons. The predicted molar refractivity (Wildman–Crippen MR) is 61.0 cm³/mol. The van der Waals surface area contributed by atoms with Crippen molar-refractivity contribution in [3.8, 4) is 0 Å². The molecule has 4 nitrogen and oxygen atoms in total. The molecule has 1 atom stereocenters. The quantitative estimate of drug-likeness (QED) is 0.662. The Morgan fingerprint density at radius 2 is 2.25 bits per heavy atom. The van der Waals surface area contributed by atoms with Crippen LogP contribution in [0.1, 0.15) is 26.2 Å². The maximum atomic E-state index is 11.1. The molecule has 0 aromatic rings. The summed E-state index contributed by atoms with van der Waals surface area (Å²) in [5.74, 6) is 0.156. The molecular formula is C12H19NO3. The van der Waals surface area contributed by atoms with Crippen LogP contribution < -0.4 is 0 Å². The summed E-state index contributed by atoms with van der Waals surface area (Å²) < 4.78 is 4.54. The van der Waals surface area contributed by atoms with E-state index < -0.39 is 5.54 Å². The molecule has 16 heavy (non-hydrogen) atoms. The van der Waals surface area contributed by atoms with E-state index in [4.69, 9.17) is 0 Å². The van der Waals surface area contributed by atoms with E-state index in [0.29, 0.717) is 13.0 Å². The second kappa shape index (κ2) is 5.25. The van der Waals surface area contributed by atoms with Gasteiger partial charge in [0.1, 0.15) is 11.8 Å². The average molecular weight is 225 g/mol. The molecule has 0 aromatic carbocycles. The van der Waals surface area contributed by atoms with Gasteiger partial charge in [-0.3, -0.25) is 4.79 Å². The number of allylic oxidation sites excluding steroid dienone is 1. The van der Waals surface area contributed by atoms with Crippen molar-refractivity contribution in [2.24, 2.45) is 0 Å². The van der Waals surface area contributed by atoms with Crippen LogP contribution in [0.2, 0.25) is 0 Å². The van der Waals surface area contributed by atoms with Crippen LogP contribution >= 0.6 is 0 Å². The Balaban J connectivity index is 0.000000280. The molecule has 0 N–H and O–H groups in total. The standard InChI is InChI=1S/C9H11NO2.C3H8O/c1-7-2-3-9(6-11)4-8(12)5-10(7)9;1-3-4-2/h6H,1-5H2;3H2,1-2H3. The second-order valence-corrected chi connectivity index (χ2v) is 4.17. The van der Waals surface area contributed by atoms with Crippen molar-refractivity contribution in [2.45, 2.75) is 31.7 Å². The lowest BCUT2D eigenvalue weighted by Crippen LogP contribution is -2.38. The van der Waals surface area contributed by atoms with Crippen LogP contribution in [0, 0.1) is 0 Å². The van der Waals surface area contributed by atoms with Gasteiger partial charge >= 0.3 is 0 Å². The number of carbonyl (C=O) groups is 2. The minimum absolute atomic E-state index is 0.156. The normalized spacial score (nSPS) is 27.5. The van der Waals surface area contributed by atoms with Crippen molar-refractivity contribution in [3.05, 3.63) is 12.3 Å². The summed E-state index contributed by atoms with van der Waals surface area (Å²) >= 11 is 0. The van der Waals surface area contributed by atoms with E-state index in [-0.39, 0.29) is 5.78 Å². The number of Topliss-reactive ketones (excluding diaryl/α,β-unsaturated/α-hetero) is 1. The molecule has 0 saturated carbocycles. The first-order valence-electron chi connectivity index (χ1n) is 5.52. The largest absolute Gasteiger partial charge is 0.385 e. The van der Waals surface area contributed by atoms with Crippen LogP contribution in [0.4, 0.5) is 0 Å². The second-order valence-electron chi connectivity index (χ2n) is 4.17. The number of ketones is 1. The van der Waals surface area contributed by atoms with E-state index in [1.807, 2.05) is 11.8 Å². The lowest BCUT2D eigenvalue weighted by atomic mass is 9.96. The monoisotopic (exact) mass is 225 g/mol. The first kappa shape index (κ1) is 12.9. The van der Waals surface area contributed by atoms with E-state index in [1.165, 1.54) is 0 Å². The summed E-state index contributed by atoms with van der Waals surface area (Å²) in [6, 6.07) is 0. The van der Waals surface area contributed by atoms with E-state index in [1.54, 1.807) is 7.11 Å². The number of carbonyl (C=O) groups excluding carboxylic acids is 2. The topological polar surface area (TPSA) is 46.6 Å². The Labute approximate surface area is 96.3 Å². The van der Waals surface area contributed by atoms with E-state index in [9.17, 15) is 9.59 Å². The van der Waals surface area contributed by atoms with Gasteiger partial charge < -0.3 is 14.4 Å². The summed E-state index contributed by atoms with van der Waals surface area (Å²) in [7, 11) is 1.68. The number of fused-ring (bicyclic) bond motifs is 1. The van der Waals surface area contributed by atoms with Crippen molar-refractivity contribution in [3.63, 3.8) is 0 Å². The number of hydrogen-bond donors (Lipinski definition) is 0. The summed E-state index contributed by atoms with van der Waals surface area (Å²) in [5.41, 5.74) is 0.432. The third kappa shape index (κ3) is 2.32. The highest BCUT2D eigenvalue weighted by molar-refractivity contribution is 5.90. The van der Waals surface area contributed by atoms with Gasteiger partial charge in [-0.05, 0) is 19.8 Å². The lowest BCUT2D eigenvalue weighted by molar-refractivity contribution is -0.119. The number of rotatable bonds is 2. The molecule has 2 rings (SSSR count). The van der Waals surface area contributed by atoms with Crippen LogP contribution in [0.5, 0.6) is 0 Å². The fourth-order valence-electron chi connectivity index (χ4n) is 2.14. The molecule has 90 valence electrons. The fourth-order valence-corrected chi connectivity index (χ4v) is 2.14. The average Bonchev–Trinajstić information content (AvgIpc) is 2.77. The predicted octanol–water partition coefficient (Wildman–Crippen LogP) is 1.16. The van der Waals surface area contributed by atoms with E-state index in [2.05, 4.69) is 11.3 Å². The van der Waals surface area contributed by atoms with Gasteiger partial charge in [-0.1, -0.05) is 6.58 Å². The van der Waals surface area contributed by atoms with Gasteiger partial charge in [0, 0.05) is 25.8 Å². The lowest BCUT2D eigenvalue weighted by Gasteiger charge is -2.26. The summed E-state index contributed by atoms with van der Waals surface area (Å²) in [4.78, 5) is 23.9. The summed E-state index contributed by atoms with van der Waals surface area (Å²) in [5, 5.41) is 0. The van der Waals surface area contributed by atoms with Crippen LogP contribution in [0.25, 0.3) is 0 Å². The first-order chi connectivity index (χ1) is 7.59.